The zero-order chi connectivity index (χ0) is 21.3. The van der Waals surface area contributed by atoms with Gasteiger partial charge in [-0.3, -0.25) is 9.48 Å². The third-order valence-corrected chi connectivity index (χ3v) is 6.40. The maximum Gasteiger partial charge on any atom is 0.435 e. The van der Waals surface area contributed by atoms with E-state index in [0.29, 0.717) is 24.6 Å². The van der Waals surface area contributed by atoms with Gasteiger partial charge in [-0.25, -0.2) is 0 Å². The van der Waals surface area contributed by atoms with E-state index in [1.165, 1.54) is 23.9 Å². The summed E-state index contributed by atoms with van der Waals surface area (Å²) < 4.78 is 42.2. The van der Waals surface area contributed by atoms with Crippen molar-refractivity contribution in [2.45, 2.75) is 71.1 Å². The van der Waals surface area contributed by atoms with E-state index in [0.717, 1.165) is 24.0 Å². The molecular weight excluding hydrogens is 391 g/mol. The van der Waals surface area contributed by atoms with Crippen molar-refractivity contribution in [1.29, 1.82) is 0 Å². The van der Waals surface area contributed by atoms with Crippen molar-refractivity contribution in [2.75, 3.05) is 6.54 Å². The van der Waals surface area contributed by atoms with E-state index >= 15 is 0 Å². The Morgan fingerprint density at radius 2 is 1.83 bits per heavy atom. The summed E-state index contributed by atoms with van der Waals surface area (Å²) in [6, 6.07) is 7.70. The van der Waals surface area contributed by atoms with E-state index in [1.807, 2.05) is 31.2 Å². The van der Waals surface area contributed by atoms with Crippen LogP contribution in [0.3, 0.4) is 0 Å². The second-order valence-electron chi connectivity index (χ2n) is 8.69. The van der Waals surface area contributed by atoms with Crippen LogP contribution < -0.4 is 0 Å². The fourth-order valence-corrected chi connectivity index (χ4v) is 4.69. The van der Waals surface area contributed by atoms with Crippen LogP contribution in [0.25, 0.3) is 0 Å². The Morgan fingerprint density at radius 3 is 2.50 bits per heavy atom. The number of halogens is 3. The molecule has 30 heavy (non-hydrogen) atoms. The number of benzene rings is 1. The van der Waals surface area contributed by atoms with Crippen LogP contribution in [-0.4, -0.2) is 27.1 Å². The van der Waals surface area contributed by atoms with Crippen molar-refractivity contribution in [1.82, 2.24) is 14.7 Å². The molecule has 0 unspecified atom stereocenters. The standard InChI is InChI=1S/C23H28F3N3O/c1-16-7-9-18(10-8-16)14-29-20-15-28(21(30)13-17-5-3-2-4-6-17)12-11-19(20)22(27-29)23(24,25)26/h7-10,17H,2-6,11-15H2,1H3. The van der Waals surface area contributed by atoms with Gasteiger partial charge in [-0.1, -0.05) is 49.1 Å². The number of alkyl halides is 3. The molecule has 1 aliphatic heterocycles. The van der Waals surface area contributed by atoms with E-state index in [1.54, 1.807) is 4.90 Å². The van der Waals surface area contributed by atoms with Crippen LogP contribution in [0.15, 0.2) is 24.3 Å². The topological polar surface area (TPSA) is 38.1 Å². The number of carbonyl (C=O) groups excluding carboxylic acids is 1. The molecule has 4 rings (SSSR count). The summed E-state index contributed by atoms with van der Waals surface area (Å²) in [6.45, 7) is 2.77. The molecular formula is C23H28F3N3O. The Labute approximate surface area is 175 Å². The lowest BCUT2D eigenvalue weighted by atomic mass is 9.86. The summed E-state index contributed by atoms with van der Waals surface area (Å²) in [4.78, 5) is 14.6. The summed E-state index contributed by atoms with van der Waals surface area (Å²) in [6.07, 6.45) is 1.94. The lowest BCUT2D eigenvalue weighted by Crippen LogP contribution is -2.38. The maximum absolute atomic E-state index is 13.6. The third kappa shape index (κ3) is 4.55. The highest BCUT2D eigenvalue weighted by atomic mass is 19.4. The van der Waals surface area contributed by atoms with Crippen molar-refractivity contribution in [3.8, 4) is 0 Å². The molecule has 162 valence electrons. The SMILES string of the molecule is Cc1ccc(Cn2nc(C(F)(F)F)c3c2CN(C(=O)CC2CCCCC2)CC3)cc1. The second-order valence-corrected chi connectivity index (χ2v) is 8.69. The Kier molecular flexibility index (Phi) is 5.89. The number of fused-ring (bicyclic) bond motifs is 1. The van der Waals surface area contributed by atoms with E-state index in [-0.39, 0.29) is 31.0 Å². The van der Waals surface area contributed by atoms with Crippen LogP contribution in [-0.2, 0) is 30.5 Å². The molecule has 1 fully saturated rings. The van der Waals surface area contributed by atoms with Gasteiger partial charge in [-0.2, -0.15) is 18.3 Å². The van der Waals surface area contributed by atoms with E-state index in [2.05, 4.69) is 5.10 Å². The quantitative estimate of drug-likeness (QED) is 0.690. The molecule has 2 heterocycles. The largest absolute Gasteiger partial charge is 0.435 e. The first-order valence-electron chi connectivity index (χ1n) is 10.8. The van der Waals surface area contributed by atoms with Gasteiger partial charge in [0.05, 0.1) is 18.8 Å². The molecule has 2 aromatic rings. The van der Waals surface area contributed by atoms with Gasteiger partial charge in [0.2, 0.25) is 5.91 Å². The van der Waals surface area contributed by atoms with Gasteiger partial charge in [0.15, 0.2) is 5.69 Å². The maximum atomic E-state index is 13.6. The lowest BCUT2D eigenvalue weighted by molar-refractivity contribution is -0.142. The van der Waals surface area contributed by atoms with Crippen molar-refractivity contribution >= 4 is 5.91 Å². The fourth-order valence-electron chi connectivity index (χ4n) is 4.69. The molecule has 0 spiro atoms. The van der Waals surface area contributed by atoms with Crippen LogP contribution in [0, 0.1) is 12.8 Å². The Balaban J connectivity index is 1.56. The summed E-state index contributed by atoms with van der Waals surface area (Å²) in [5, 5.41) is 3.94. The van der Waals surface area contributed by atoms with E-state index in [9.17, 15) is 18.0 Å². The molecule has 0 atom stereocenters. The molecule has 1 aromatic carbocycles. The smallest absolute Gasteiger partial charge is 0.336 e. The van der Waals surface area contributed by atoms with Crippen LogP contribution >= 0.6 is 0 Å². The average molecular weight is 419 g/mol. The molecule has 1 saturated carbocycles. The van der Waals surface area contributed by atoms with Gasteiger partial charge in [0.1, 0.15) is 0 Å². The predicted molar refractivity (Wildman–Crippen MR) is 108 cm³/mol. The zero-order valence-electron chi connectivity index (χ0n) is 17.3. The zero-order valence-corrected chi connectivity index (χ0v) is 17.3. The molecule has 7 heteroatoms. The van der Waals surface area contributed by atoms with Crippen molar-refractivity contribution in [3.05, 3.63) is 52.3 Å². The second kappa shape index (κ2) is 8.44. The minimum absolute atomic E-state index is 0.0594. The number of aryl methyl sites for hydroxylation is 1. The molecule has 1 aliphatic carbocycles. The minimum atomic E-state index is -4.49. The van der Waals surface area contributed by atoms with Gasteiger partial charge in [-0.05, 0) is 37.7 Å². The van der Waals surface area contributed by atoms with Gasteiger partial charge >= 0.3 is 6.18 Å². The lowest BCUT2D eigenvalue weighted by Gasteiger charge is -2.30. The molecule has 0 bridgehead atoms. The Bertz CT molecular complexity index is 896. The number of nitrogens with zero attached hydrogens (tertiary/aromatic N) is 3. The summed E-state index contributed by atoms with van der Waals surface area (Å²) in [5.74, 6) is 0.472. The van der Waals surface area contributed by atoms with Crippen LogP contribution in [0.4, 0.5) is 13.2 Å². The Morgan fingerprint density at radius 1 is 1.13 bits per heavy atom. The third-order valence-electron chi connectivity index (χ3n) is 6.40. The van der Waals surface area contributed by atoms with Crippen LogP contribution in [0.1, 0.15) is 66.6 Å². The van der Waals surface area contributed by atoms with Crippen LogP contribution in [0.5, 0.6) is 0 Å². The van der Waals surface area contributed by atoms with E-state index < -0.39 is 11.9 Å². The fraction of sp³-hybridized carbons (Fsp3) is 0.565. The molecule has 4 nitrogen and oxygen atoms in total. The van der Waals surface area contributed by atoms with Crippen molar-refractivity contribution < 1.29 is 18.0 Å². The molecule has 0 N–H and O–H groups in total. The predicted octanol–water partition coefficient (Wildman–Crippen LogP) is 5.11. The first-order valence-corrected chi connectivity index (χ1v) is 10.8. The average Bonchev–Trinajstić information content (AvgIpc) is 3.08. The van der Waals surface area contributed by atoms with Gasteiger partial charge in [0, 0.05) is 18.5 Å². The number of amides is 1. The highest BCUT2D eigenvalue weighted by molar-refractivity contribution is 5.76. The van der Waals surface area contributed by atoms with Gasteiger partial charge in [0.25, 0.3) is 0 Å². The number of hydrogen-bond acceptors (Lipinski definition) is 2. The molecule has 1 amide bonds. The monoisotopic (exact) mass is 419 g/mol. The van der Waals surface area contributed by atoms with Gasteiger partial charge < -0.3 is 4.90 Å². The highest BCUT2D eigenvalue weighted by Gasteiger charge is 2.41. The minimum Gasteiger partial charge on any atom is -0.336 e. The van der Waals surface area contributed by atoms with E-state index in [4.69, 9.17) is 0 Å². The summed E-state index contributed by atoms with van der Waals surface area (Å²) in [7, 11) is 0. The first-order chi connectivity index (χ1) is 14.3. The summed E-state index contributed by atoms with van der Waals surface area (Å²) >= 11 is 0. The number of rotatable bonds is 4. The molecule has 2 aliphatic rings. The molecule has 1 aromatic heterocycles. The number of carbonyl (C=O) groups is 1. The van der Waals surface area contributed by atoms with Crippen molar-refractivity contribution in [2.24, 2.45) is 5.92 Å². The first kappa shape index (κ1) is 20.9. The van der Waals surface area contributed by atoms with Crippen molar-refractivity contribution in [3.63, 3.8) is 0 Å². The Hall–Kier alpha value is -2.31. The normalized spacial score (nSPS) is 17.8. The van der Waals surface area contributed by atoms with Gasteiger partial charge in [-0.15, -0.1) is 0 Å². The number of hydrogen-bond donors (Lipinski definition) is 0. The number of aromatic nitrogens is 2. The molecule has 0 radical (unpaired) electrons. The molecule has 0 saturated heterocycles. The highest BCUT2D eigenvalue weighted by Crippen LogP contribution is 2.36. The summed E-state index contributed by atoms with van der Waals surface area (Å²) in [5.41, 5.74) is 1.95. The van der Waals surface area contributed by atoms with Crippen LogP contribution in [0.2, 0.25) is 0 Å².